The van der Waals surface area contributed by atoms with Crippen molar-refractivity contribution < 1.29 is 18.4 Å². The fourth-order valence-corrected chi connectivity index (χ4v) is 3.25. The fraction of sp³-hybridized carbons (Fsp3) is 0.300. The molecule has 2 aromatic carbocycles. The van der Waals surface area contributed by atoms with E-state index in [1.807, 2.05) is 0 Å². The fourth-order valence-electron chi connectivity index (χ4n) is 2.96. The summed E-state index contributed by atoms with van der Waals surface area (Å²) in [6.07, 6.45) is 0.0327. The molecule has 154 valence electrons. The molecule has 0 fully saturated rings. The van der Waals surface area contributed by atoms with Gasteiger partial charge in [-0.05, 0) is 25.1 Å². The first kappa shape index (κ1) is 21.3. The van der Waals surface area contributed by atoms with Gasteiger partial charge >= 0.3 is 6.03 Å². The van der Waals surface area contributed by atoms with E-state index in [9.17, 15) is 13.6 Å². The van der Waals surface area contributed by atoms with Crippen LogP contribution in [0.25, 0.3) is 0 Å². The van der Waals surface area contributed by atoms with Crippen molar-refractivity contribution in [3.8, 4) is 0 Å². The second-order valence-corrected chi connectivity index (χ2v) is 7.36. The van der Waals surface area contributed by atoms with Crippen LogP contribution in [0.3, 0.4) is 0 Å². The molecule has 5 nitrogen and oxygen atoms in total. The number of hydrogen-bond acceptors (Lipinski definition) is 3. The molecule has 1 atom stereocenters. The molecule has 3 rings (SSSR count). The van der Waals surface area contributed by atoms with E-state index in [0.717, 1.165) is 17.7 Å². The molecule has 0 spiro atoms. The van der Waals surface area contributed by atoms with Crippen molar-refractivity contribution in [1.29, 1.82) is 0 Å². The lowest BCUT2D eigenvalue weighted by Gasteiger charge is -2.25. The van der Waals surface area contributed by atoms with Crippen LogP contribution < -0.4 is 5.32 Å². The predicted octanol–water partition coefficient (Wildman–Crippen LogP) is 5.00. The SMILES string of the molecule is CCNC(=O)N(Cc1ccc(F)cc1F)C[C@H]1CC(c2ccc(Cl)c(Cl)c2)=NO1. The van der Waals surface area contributed by atoms with Gasteiger partial charge in [0.2, 0.25) is 0 Å². The van der Waals surface area contributed by atoms with Gasteiger partial charge in [-0.3, -0.25) is 0 Å². The number of rotatable bonds is 6. The van der Waals surface area contributed by atoms with Crippen molar-refractivity contribution in [1.82, 2.24) is 10.2 Å². The molecule has 0 radical (unpaired) electrons. The Balaban J connectivity index is 1.70. The van der Waals surface area contributed by atoms with Crippen molar-refractivity contribution >= 4 is 34.9 Å². The maximum absolute atomic E-state index is 14.1. The van der Waals surface area contributed by atoms with Gasteiger partial charge in [0.15, 0.2) is 6.10 Å². The first-order valence-electron chi connectivity index (χ1n) is 9.02. The minimum absolute atomic E-state index is 0.0279. The normalized spacial score (nSPS) is 15.6. The smallest absolute Gasteiger partial charge is 0.317 e. The highest BCUT2D eigenvalue weighted by Crippen LogP contribution is 2.26. The molecule has 1 aliphatic rings. The Morgan fingerprint density at radius 3 is 2.72 bits per heavy atom. The number of amides is 2. The van der Waals surface area contributed by atoms with E-state index < -0.39 is 17.7 Å². The van der Waals surface area contributed by atoms with E-state index in [0.29, 0.717) is 28.7 Å². The van der Waals surface area contributed by atoms with Crippen molar-refractivity contribution in [2.24, 2.45) is 5.16 Å². The van der Waals surface area contributed by atoms with Gasteiger partial charge in [0.25, 0.3) is 0 Å². The molecule has 0 bridgehead atoms. The van der Waals surface area contributed by atoms with E-state index in [-0.39, 0.29) is 24.7 Å². The van der Waals surface area contributed by atoms with Gasteiger partial charge in [0.05, 0.1) is 28.8 Å². The van der Waals surface area contributed by atoms with E-state index >= 15 is 0 Å². The zero-order valence-electron chi connectivity index (χ0n) is 15.6. The van der Waals surface area contributed by atoms with Gasteiger partial charge in [-0.15, -0.1) is 0 Å². The van der Waals surface area contributed by atoms with Crippen LogP contribution in [-0.2, 0) is 11.4 Å². The van der Waals surface area contributed by atoms with Crippen molar-refractivity contribution in [2.45, 2.75) is 26.0 Å². The second-order valence-electron chi connectivity index (χ2n) is 6.55. The predicted molar refractivity (Wildman–Crippen MR) is 108 cm³/mol. The zero-order chi connectivity index (χ0) is 21.0. The van der Waals surface area contributed by atoms with Crippen LogP contribution in [0.4, 0.5) is 13.6 Å². The number of hydrogen-bond donors (Lipinski definition) is 1. The topological polar surface area (TPSA) is 53.9 Å². The maximum Gasteiger partial charge on any atom is 0.317 e. The second kappa shape index (κ2) is 9.41. The molecular weight excluding hydrogens is 423 g/mol. The van der Waals surface area contributed by atoms with Crippen LogP contribution >= 0.6 is 23.2 Å². The first-order valence-corrected chi connectivity index (χ1v) is 9.77. The molecule has 0 aliphatic carbocycles. The third-order valence-corrected chi connectivity index (χ3v) is 5.14. The number of oxime groups is 1. The highest BCUT2D eigenvalue weighted by Gasteiger charge is 2.27. The molecule has 0 aromatic heterocycles. The van der Waals surface area contributed by atoms with Crippen LogP contribution in [0.2, 0.25) is 10.0 Å². The zero-order valence-corrected chi connectivity index (χ0v) is 17.1. The van der Waals surface area contributed by atoms with Gasteiger partial charge in [-0.1, -0.05) is 40.5 Å². The molecule has 0 unspecified atom stereocenters. The van der Waals surface area contributed by atoms with Gasteiger partial charge in [0, 0.05) is 30.2 Å². The summed E-state index contributed by atoms with van der Waals surface area (Å²) in [4.78, 5) is 19.3. The maximum atomic E-state index is 14.1. The van der Waals surface area contributed by atoms with Crippen LogP contribution in [0, 0.1) is 11.6 Å². The van der Waals surface area contributed by atoms with E-state index in [4.69, 9.17) is 28.0 Å². The first-order chi connectivity index (χ1) is 13.9. The Bertz CT molecular complexity index is 940. The Kier molecular flexibility index (Phi) is 6.92. The quantitative estimate of drug-likeness (QED) is 0.685. The van der Waals surface area contributed by atoms with E-state index in [1.54, 1.807) is 25.1 Å². The van der Waals surface area contributed by atoms with Crippen LogP contribution in [0.1, 0.15) is 24.5 Å². The largest absolute Gasteiger partial charge is 0.390 e. The summed E-state index contributed by atoms with van der Waals surface area (Å²) < 4.78 is 27.2. The molecular formula is C20H19Cl2F2N3O2. The Morgan fingerprint density at radius 2 is 2.03 bits per heavy atom. The average molecular weight is 442 g/mol. The molecule has 1 heterocycles. The number of nitrogens with one attached hydrogen (secondary N) is 1. The third-order valence-electron chi connectivity index (χ3n) is 4.40. The van der Waals surface area contributed by atoms with Gasteiger partial charge in [0.1, 0.15) is 11.6 Å². The van der Waals surface area contributed by atoms with E-state index in [1.165, 1.54) is 11.0 Å². The number of urea groups is 1. The molecule has 0 saturated heterocycles. The van der Waals surface area contributed by atoms with Crippen LogP contribution in [-0.4, -0.2) is 35.8 Å². The van der Waals surface area contributed by atoms with E-state index in [2.05, 4.69) is 10.5 Å². The summed E-state index contributed by atoms with van der Waals surface area (Å²) in [5, 5.41) is 7.63. The molecule has 2 aromatic rings. The molecule has 2 amide bonds. The summed E-state index contributed by atoms with van der Waals surface area (Å²) in [6, 6.07) is 8.06. The van der Waals surface area contributed by atoms with Crippen molar-refractivity contribution in [2.75, 3.05) is 13.1 Å². The summed E-state index contributed by atoms with van der Waals surface area (Å²) in [5.74, 6) is -1.38. The summed E-state index contributed by atoms with van der Waals surface area (Å²) in [6.45, 7) is 2.35. The number of carbonyl (C=O) groups is 1. The summed E-state index contributed by atoms with van der Waals surface area (Å²) in [7, 11) is 0. The number of benzene rings is 2. The molecule has 29 heavy (non-hydrogen) atoms. The van der Waals surface area contributed by atoms with Crippen molar-refractivity contribution in [3.05, 3.63) is 69.2 Å². The summed E-state index contributed by atoms with van der Waals surface area (Å²) in [5.41, 5.74) is 1.66. The highest BCUT2D eigenvalue weighted by molar-refractivity contribution is 6.42. The summed E-state index contributed by atoms with van der Waals surface area (Å²) >= 11 is 12.0. The number of carbonyl (C=O) groups excluding carboxylic acids is 1. The Labute approximate surface area is 177 Å². The van der Waals surface area contributed by atoms with Crippen LogP contribution in [0.5, 0.6) is 0 Å². The number of nitrogens with zero attached hydrogens (tertiary/aromatic N) is 2. The Morgan fingerprint density at radius 1 is 1.24 bits per heavy atom. The molecule has 9 heteroatoms. The molecule has 0 saturated carbocycles. The average Bonchev–Trinajstić information content (AvgIpc) is 3.14. The minimum atomic E-state index is -0.709. The van der Waals surface area contributed by atoms with Gasteiger partial charge in [-0.2, -0.15) is 0 Å². The van der Waals surface area contributed by atoms with Gasteiger partial charge in [-0.25, -0.2) is 13.6 Å². The van der Waals surface area contributed by atoms with Crippen LogP contribution in [0.15, 0.2) is 41.6 Å². The minimum Gasteiger partial charge on any atom is -0.390 e. The molecule has 1 N–H and O–H groups in total. The van der Waals surface area contributed by atoms with Gasteiger partial charge < -0.3 is 15.1 Å². The number of halogens is 4. The highest BCUT2D eigenvalue weighted by atomic mass is 35.5. The lowest BCUT2D eigenvalue weighted by atomic mass is 10.0. The van der Waals surface area contributed by atoms with Crippen molar-refractivity contribution in [3.63, 3.8) is 0 Å². The molecule has 1 aliphatic heterocycles. The Hall–Kier alpha value is -2.38. The standard InChI is InChI=1S/C20H19Cl2F2N3O2/c1-2-25-20(28)27(10-13-3-5-14(23)8-18(13)24)11-15-9-19(26-29-15)12-4-6-16(21)17(22)7-12/h3-8,15H,2,9-11H2,1H3,(H,25,28)/t15-/m1/s1. The monoisotopic (exact) mass is 441 g/mol. The third kappa shape index (κ3) is 5.36. The lowest BCUT2D eigenvalue weighted by molar-refractivity contribution is 0.0588. The lowest BCUT2D eigenvalue weighted by Crippen LogP contribution is -2.43.